The lowest BCUT2D eigenvalue weighted by molar-refractivity contribution is -0.142. The van der Waals surface area contributed by atoms with Crippen LogP contribution >= 0.6 is 0 Å². The van der Waals surface area contributed by atoms with Crippen molar-refractivity contribution in [2.45, 2.75) is 39.0 Å². The lowest BCUT2D eigenvalue weighted by Gasteiger charge is -2.21. The third-order valence-electron chi connectivity index (χ3n) is 5.42. The van der Waals surface area contributed by atoms with Crippen molar-refractivity contribution >= 4 is 22.1 Å². The fraction of sp³-hybridized carbons (Fsp3) is 0.261. The van der Waals surface area contributed by atoms with Gasteiger partial charge in [-0.25, -0.2) is 9.97 Å². The predicted octanol–water partition coefficient (Wildman–Crippen LogP) is 5.76. The third kappa shape index (κ3) is 3.63. The van der Waals surface area contributed by atoms with E-state index in [1.54, 1.807) is 6.20 Å². The Morgan fingerprint density at radius 1 is 0.969 bits per heavy atom. The summed E-state index contributed by atoms with van der Waals surface area (Å²) in [5.41, 5.74) is 5.78. The van der Waals surface area contributed by atoms with E-state index in [-0.39, 0.29) is 5.54 Å². The summed E-state index contributed by atoms with van der Waals surface area (Å²) in [5, 5.41) is 4.72. The van der Waals surface area contributed by atoms with Gasteiger partial charge in [-0.1, -0.05) is 6.07 Å². The van der Waals surface area contributed by atoms with Crippen LogP contribution in [0.4, 0.5) is 13.2 Å². The number of hydrogen-bond acceptors (Lipinski definition) is 3. The largest absolute Gasteiger partial charge is 0.408 e. The molecule has 1 N–H and O–H groups in total. The molecule has 0 saturated carbocycles. The van der Waals surface area contributed by atoms with Gasteiger partial charge in [0.15, 0.2) is 0 Å². The third-order valence-corrected chi connectivity index (χ3v) is 5.42. The second kappa shape index (κ2) is 6.94. The monoisotopic (exact) mass is 438 g/mol. The summed E-state index contributed by atoms with van der Waals surface area (Å²) in [5.74, 6) is 0. The Morgan fingerprint density at radius 3 is 2.53 bits per heavy atom. The summed E-state index contributed by atoms with van der Waals surface area (Å²) in [4.78, 5) is 12.2. The Labute approximate surface area is 181 Å². The van der Waals surface area contributed by atoms with E-state index in [2.05, 4.69) is 51.5 Å². The molecular weight excluding hydrogens is 417 g/mol. The fourth-order valence-electron chi connectivity index (χ4n) is 3.89. The van der Waals surface area contributed by atoms with E-state index >= 15 is 0 Å². The zero-order valence-corrected chi connectivity index (χ0v) is 17.8. The van der Waals surface area contributed by atoms with Gasteiger partial charge in [0.1, 0.15) is 12.2 Å². The Morgan fingerprint density at radius 2 is 1.78 bits per heavy atom. The number of halogens is 3. The van der Waals surface area contributed by atoms with Crippen LogP contribution in [0.15, 0.2) is 55.4 Å². The van der Waals surface area contributed by atoms with Crippen molar-refractivity contribution in [2.75, 3.05) is 0 Å². The average Bonchev–Trinajstić information content (AvgIpc) is 3.42. The maximum Gasteiger partial charge on any atom is 0.408 e. The van der Waals surface area contributed by atoms with Crippen molar-refractivity contribution in [3.05, 3.63) is 55.4 Å². The highest BCUT2D eigenvalue weighted by atomic mass is 19.4. The number of imidazole rings is 1. The first kappa shape index (κ1) is 20.3. The van der Waals surface area contributed by atoms with Gasteiger partial charge in [0.25, 0.3) is 0 Å². The van der Waals surface area contributed by atoms with Gasteiger partial charge < -0.3 is 9.55 Å². The van der Waals surface area contributed by atoms with Crippen LogP contribution in [0.5, 0.6) is 0 Å². The maximum absolute atomic E-state index is 12.7. The van der Waals surface area contributed by atoms with Crippen LogP contribution in [0.25, 0.3) is 44.3 Å². The molecule has 0 atom stereocenters. The smallest absolute Gasteiger partial charge is 0.346 e. The van der Waals surface area contributed by atoms with E-state index in [4.69, 9.17) is 0 Å². The molecule has 0 radical (unpaired) electrons. The number of aromatic amines is 1. The van der Waals surface area contributed by atoms with Crippen LogP contribution < -0.4 is 0 Å². The minimum absolute atomic E-state index is 0.112. The molecule has 5 rings (SSSR count). The number of pyridine rings is 1. The molecule has 9 heteroatoms. The molecule has 164 valence electrons. The van der Waals surface area contributed by atoms with Gasteiger partial charge in [0.05, 0.1) is 23.6 Å². The number of rotatable bonds is 3. The molecule has 0 fully saturated rings. The average molecular weight is 438 g/mol. The number of H-pyrrole nitrogens is 1. The van der Waals surface area contributed by atoms with Crippen LogP contribution in [0.3, 0.4) is 0 Å². The highest BCUT2D eigenvalue weighted by Gasteiger charge is 2.28. The number of nitrogens with one attached hydrogen (secondary N) is 1. The molecule has 4 aromatic heterocycles. The Balaban J connectivity index is 1.58. The molecule has 0 unspecified atom stereocenters. The maximum atomic E-state index is 12.7. The summed E-state index contributed by atoms with van der Waals surface area (Å²) < 4.78 is 41.0. The minimum Gasteiger partial charge on any atom is -0.346 e. The quantitative estimate of drug-likeness (QED) is 0.390. The van der Waals surface area contributed by atoms with Crippen molar-refractivity contribution in [2.24, 2.45) is 0 Å². The van der Waals surface area contributed by atoms with Gasteiger partial charge in [0, 0.05) is 46.2 Å². The first-order valence-corrected chi connectivity index (χ1v) is 10.1. The summed E-state index contributed by atoms with van der Waals surface area (Å²) in [7, 11) is 0. The SMILES string of the molecule is CC(C)(C)n1cnc2ccc(-c3c[nH]c4ncc(-c5cnn(CC(F)(F)F)c5)cc34)cc21. The molecule has 0 bridgehead atoms. The standard InChI is InChI=1S/C23H21F3N6/c1-22(2,3)32-13-29-19-5-4-14(7-20(19)32)18-10-28-21-17(18)6-15(8-27-21)16-9-30-31(11-16)12-23(24,25)26/h4-11,13H,12H2,1-3H3,(H,27,28). The topological polar surface area (TPSA) is 64.3 Å². The van der Waals surface area contributed by atoms with Crippen LogP contribution in [-0.4, -0.2) is 35.5 Å². The van der Waals surface area contributed by atoms with Crippen LogP contribution in [-0.2, 0) is 12.1 Å². The van der Waals surface area contributed by atoms with E-state index in [0.29, 0.717) is 16.8 Å². The van der Waals surface area contributed by atoms with Crippen molar-refractivity contribution in [1.82, 2.24) is 29.3 Å². The van der Waals surface area contributed by atoms with Gasteiger partial charge in [-0.2, -0.15) is 18.3 Å². The lowest BCUT2D eigenvalue weighted by Crippen LogP contribution is -2.20. The molecule has 0 aliphatic heterocycles. The van der Waals surface area contributed by atoms with Gasteiger partial charge in [0.2, 0.25) is 0 Å². The molecular formula is C23H21F3N6. The Bertz CT molecular complexity index is 1430. The van der Waals surface area contributed by atoms with Crippen molar-refractivity contribution < 1.29 is 13.2 Å². The summed E-state index contributed by atoms with van der Waals surface area (Å²) in [6.45, 7) is 5.25. The highest BCUT2D eigenvalue weighted by Crippen LogP contribution is 2.33. The molecule has 0 aliphatic carbocycles. The number of benzene rings is 1. The van der Waals surface area contributed by atoms with E-state index < -0.39 is 12.7 Å². The normalized spacial score (nSPS) is 12.8. The second-order valence-electron chi connectivity index (χ2n) is 8.85. The second-order valence-corrected chi connectivity index (χ2v) is 8.85. The molecule has 32 heavy (non-hydrogen) atoms. The molecule has 0 saturated heterocycles. The molecule has 1 aromatic carbocycles. The first-order chi connectivity index (χ1) is 15.1. The van der Waals surface area contributed by atoms with Crippen molar-refractivity contribution in [3.63, 3.8) is 0 Å². The van der Waals surface area contributed by atoms with Crippen molar-refractivity contribution in [1.29, 1.82) is 0 Å². The fourth-order valence-corrected chi connectivity index (χ4v) is 3.89. The molecule has 5 aromatic rings. The number of aromatic nitrogens is 6. The van der Waals surface area contributed by atoms with E-state index in [1.807, 2.05) is 30.7 Å². The van der Waals surface area contributed by atoms with E-state index in [9.17, 15) is 13.2 Å². The van der Waals surface area contributed by atoms with Crippen LogP contribution in [0.1, 0.15) is 20.8 Å². The number of fused-ring (bicyclic) bond motifs is 2. The van der Waals surface area contributed by atoms with E-state index in [0.717, 1.165) is 32.2 Å². The Kier molecular flexibility index (Phi) is 4.40. The van der Waals surface area contributed by atoms with Gasteiger partial charge >= 0.3 is 6.18 Å². The first-order valence-electron chi connectivity index (χ1n) is 10.1. The lowest BCUT2D eigenvalue weighted by atomic mass is 10.0. The summed E-state index contributed by atoms with van der Waals surface area (Å²) in [6, 6.07) is 8.03. The zero-order valence-electron chi connectivity index (χ0n) is 17.8. The summed E-state index contributed by atoms with van der Waals surface area (Å²) in [6.07, 6.45) is 3.87. The van der Waals surface area contributed by atoms with Crippen LogP contribution in [0.2, 0.25) is 0 Å². The van der Waals surface area contributed by atoms with Crippen molar-refractivity contribution in [3.8, 4) is 22.3 Å². The van der Waals surface area contributed by atoms with Gasteiger partial charge in [-0.3, -0.25) is 4.68 Å². The number of nitrogens with zero attached hydrogens (tertiary/aromatic N) is 5. The molecule has 0 spiro atoms. The van der Waals surface area contributed by atoms with Gasteiger partial charge in [-0.15, -0.1) is 0 Å². The predicted molar refractivity (Wildman–Crippen MR) is 117 cm³/mol. The molecule has 0 aliphatic rings. The number of hydrogen-bond donors (Lipinski definition) is 1. The molecule has 0 amide bonds. The Hall–Kier alpha value is -3.62. The highest BCUT2D eigenvalue weighted by molar-refractivity contribution is 5.97. The molecule has 4 heterocycles. The van der Waals surface area contributed by atoms with Gasteiger partial charge in [-0.05, 0) is 44.5 Å². The zero-order chi connectivity index (χ0) is 22.7. The minimum atomic E-state index is -4.32. The molecule has 6 nitrogen and oxygen atoms in total. The summed E-state index contributed by atoms with van der Waals surface area (Å²) >= 11 is 0. The van der Waals surface area contributed by atoms with Crippen LogP contribution in [0, 0.1) is 0 Å². The van der Waals surface area contributed by atoms with E-state index in [1.165, 1.54) is 12.4 Å². The number of alkyl halides is 3.